The van der Waals surface area contributed by atoms with E-state index >= 15 is 0 Å². The lowest BCUT2D eigenvalue weighted by Gasteiger charge is -2.30. The average molecular weight is 252 g/mol. The summed E-state index contributed by atoms with van der Waals surface area (Å²) in [5, 5.41) is 0. The van der Waals surface area contributed by atoms with Gasteiger partial charge in [0, 0.05) is 5.92 Å². The molecule has 0 amide bonds. The second-order valence-corrected chi connectivity index (χ2v) is 6.70. The first kappa shape index (κ1) is 14.0. The Morgan fingerprint density at radius 3 is 2.22 bits per heavy atom. The summed E-state index contributed by atoms with van der Waals surface area (Å²) >= 11 is 0. The molecule has 0 aromatic rings. The smallest absolute Gasteiger partial charge is 0.189 e. The molecule has 0 atom stereocenters. The highest BCUT2D eigenvalue weighted by Gasteiger charge is 2.28. The number of hydrogen-bond acceptors (Lipinski definition) is 1. The van der Waals surface area contributed by atoms with Gasteiger partial charge in [-0.25, -0.2) is 0 Å². The topological polar surface area (TPSA) is 21.5 Å². The van der Waals surface area contributed by atoms with Crippen molar-refractivity contribution in [1.29, 1.82) is 0 Å². The summed E-state index contributed by atoms with van der Waals surface area (Å²) < 4.78 is 0. The number of Topliss-reactive ketones (excluding diaryl/α,β-unsaturated/α-hetero) is 1. The Morgan fingerprint density at radius 2 is 1.67 bits per heavy atom. The van der Waals surface area contributed by atoms with Crippen LogP contribution in [-0.4, -0.2) is 25.4 Å². The van der Waals surface area contributed by atoms with Crippen LogP contribution in [0.4, 0.5) is 0 Å². The third-order valence-corrected chi connectivity index (χ3v) is 5.29. The van der Waals surface area contributed by atoms with Gasteiger partial charge < -0.3 is 4.90 Å². The molecule has 2 heteroatoms. The van der Waals surface area contributed by atoms with Gasteiger partial charge in [0.1, 0.15) is 6.54 Å². The van der Waals surface area contributed by atoms with Crippen LogP contribution in [-0.2, 0) is 4.79 Å². The summed E-state index contributed by atoms with van der Waals surface area (Å²) in [5.74, 6) is 2.74. The Labute approximate surface area is 112 Å². The molecule has 104 valence electrons. The van der Waals surface area contributed by atoms with Crippen LogP contribution in [0.25, 0.3) is 0 Å². The molecule has 2 rings (SSSR count). The van der Waals surface area contributed by atoms with Crippen LogP contribution in [0.5, 0.6) is 0 Å². The Morgan fingerprint density at radius 1 is 1.06 bits per heavy atom. The lowest BCUT2D eigenvalue weighted by molar-refractivity contribution is -0.898. The lowest BCUT2D eigenvalue weighted by Crippen LogP contribution is -3.14. The number of hydrogen-bond donors (Lipinski definition) is 1. The predicted octanol–water partition coefficient (Wildman–Crippen LogP) is 2.09. The molecule has 0 radical (unpaired) electrons. The van der Waals surface area contributed by atoms with E-state index in [1.165, 1.54) is 45.2 Å². The first-order valence-corrected chi connectivity index (χ1v) is 8.05. The van der Waals surface area contributed by atoms with Crippen LogP contribution in [0.1, 0.15) is 58.8 Å². The van der Waals surface area contributed by atoms with Crippen LogP contribution in [0, 0.1) is 17.8 Å². The number of rotatable bonds is 4. The number of likely N-dealkylation sites (tertiary alicyclic amines) is 1. The fourth-order valence-electron chi connectivity index (χ4n) is 3.64. The first-order valence-electron chi connectivity index (χ1n) is 8.05. The highest BCUT2D eigenvalue weighted by Crippen LogP contribution is 2.28. The van der Waals surface area contributed by atoms with E-state index in [4.69, 9.17) is 0 Å². The van der Waals surface area contributed by atoms with Crippen molar-refractivity contribution in [2.75, 3.05) is 19.6 Å². The zero-order chi connectivity index (χ0) is 13.0. The van der Waals surface area contributed by atoms with Gasteiger partial charge in [0.2, 0.25) is 0 Å². The number of carbonyl (C=O) groups is 1. The molecule has 0 spiro atoms. The number of nitrogens with one attached hydrogen (secondary N) is 1. The van der Waals surface area contributed by atoms with Crippen molar-refractivity contribution in [3.8, 4) is 0 Å². The minimum Gasteiger partial charge on any atom is -0.329 e. The molecule has 1 aliphatic heterocycles. The Hall–Kier alpha value is -0.370. The highest BCUT2D eigenvalue weighted by molar-refractivity contribution is 5.81. The van der Waals surface area contributed by atoms with Gasteiger partial charge >= 0.3 is 0 Å². The maximum atomic E-state index is 12.3. The molecule has 1 saturated carbocycles. The maximum absolute atomic E-state index is 12.3. The van der Waals surface area contributed by atoms with Gasteiger partial charge in [0.25, 0.3) is 0 Å². The van der Waals surface area contributed by atoms with E-state index in [1.54, 1.807) is 4.90 Å². The van der Waals surface area contributed by atoms with Crippen molar-refractivity contribution >= 4 is 5.78 Å². The first-order chi connectivity index (χ1) is 8.69. The zero-order valence-electron chi connectivity index (χ0n) is 12.2. The summed E-state index contributed by atoms with van der Waals surface area (Å²) in [6, 6.07) is 0. The van der Waals surface area contributed by atoms with E-state index < -0.39 is 0 Å². The molecule has 0 aromatic carbocycles. The number of piperidine rings is 1. The Bertz CT molecular complexity index is 260. The second kappa shape index (κ2) is 6.70. The molecule has 1 N–H and O–H groups in total. The van der Waals surface area contributed by atoms with Gasteiger partial charge in [-0.2, -0.15) is 0 Å². The molecule has 1 heterocycles. The van der Waals surface area contributed by atoms with E-state index in [-0.39, 0.29) is 0 Å². The van der Waals surface area contributed by atoms with Crippen LogP contribution >= 0.6 is 0 Å². The molecule has 2 nitrogen and oxygen atoms in total. The fourth-order valence-corrected chi connectivity index (χ4v) is 3.64. The minimum atomic E-state index is 0.401. The number of ketones is 1. The SMILES string of the molecule is CCC1CC[NH+](CC(=O)C2CCC(C)CC2)CC1. The van der Waals surface area contributed by atoms with Crippen LogP contribution in [0.3, 0.4) is 0 Å². The van der Waals surface area contributed by atoms with Gasteiger partial charge in [-0.05, 0) is 37.5 Å². The fraction of sp³-hybridized carbons (Fsp3) is 0.938. The summed E-state index contributed by atoms with van der Waals surface area (Å²) in [5.41, 5.74) is 0. The summed E-state index contributed by atoms with van der Waals surface area (Å²) in [6.45, 7) is 7.89. The Balaban J connectivity index is 1.71. The van der Waals surface area contributed by atoms with Crippen molar-refractivity contribution in [3.63, 3.8) is 0 Å². The predicted molar refractivity (Wildman–Crippen MR) is 74.7 cm³/mol. The molecular weight excluding hydrogens is 222 g/mol. The van der Waals surface area contributed by atoms with Crippen molar-refractivity contribution in [2.24, 2.45) is 17.8 Å². The molecule has 1 aliphatic carbocycles. The van der Waals surface area contributed by atoms with Crippen molar-refractivity contribution in [3.05, 3.63) is 0 Å². The molecule has 1 saturated heterocycles. The normalized spacial score (nSPS) is 37.4. The summed E-state index contributed by atoms with van der Waals surface area (Å²) in [6.07, 6.45) is 8.84. The quantitative estimate of drug-likeness (QED) is 0.813. The maximum Gasteiger partial charge on any atom is 0.189 e. The zero-order valence-corrected chi connectivity index (χ0v) is 12.2. The molecule has 2 fully saturated rings. The Kier molecular flexibility index (Phi) is 5.23. The third-order valence-electron chi connectivity index (χ3n) is 5.29. The minimum absolute atomic E-state index is 0.401. The van der Waals surface area contributed by atoms with E-state index in [9.17, 15) is 4.79 Å². The van der Waals surface area contributed by atoms with Gasteiger partial charge in [0.15, 0.2) is 5.78 Å². The number of carbonyl (C=O) groups excluding carboxylic acids is 1. The average Bonchev–Trinajstić information content (AvgIpc) is 2.40. The van der Waals surface area contributed by atoms with Gasteiger partial charge in [-0.15, -0.1) is 0 Å². The van der Waals surface area contributed by atoms with Crippen LogP contribution < -0.4 is 4.90 Å². The van der Waals surface area contributed by atoms with Gasteiger partial charge in [0.05, 0.1) is 13.1 Å². The van der Waals surface area contributed by atoms with E-state index in [1.807, 2.05) is 0 Å². The molecule has 0 unspecified atom stereocenters. The van der Waals surface area contributed by atoms with E-state index in [2.05, 4.69) is 13.8 Å². The monoisotopic (exact) mass is 252 g/mol. The largest absolute Gasteiger partial charge is 0.329 e. The van der Waals surface area contributed by atoms with Crippen molar-refractivity contribution in [2.45, 2.75) is 58.8 Å². The van der Waals surface area contributed by atoms with Crippen LogP contribution in [0.15, 0.2) is 0 Å². The third kappa shape index (κ3) is 3.81. The van der Waals surface area contributed by atoms with E-state index in [0.717, 1.165) is 31.2 Å². The molecule has 0 bridgehead atoms. The molecule has 2 aliphatic rings. The van der Waals surface area contributed by atoms with Gasteiger partial charge in [-0.3, -0.25) is 4.79 Å². The molecule has 18 heavy (non-hydrogen) atoms. The number of quaternary nitrogens is 1. The van der Waals surface area contributed by atoms with Crippen molar-refractivity contribution in [1.82, 2.24) is 0 Å². The molecular formula is C16H30NO+. The highest BCUT2D eigenvalue weighted by atomic mass is 16.1. The standard InChI is InChI=1S/C16H29NO/c1-3-14-8-10-17(11-9-14)12-16(18)15-6-4-13(2)5-7-15/h13-15H,3-12H2,1-2H3/p+1. The summed E-state index contributed by atoms with van der Waals surface area (Å²) in [7, 11) is 0. The second-order valence-electron chi connectivity index (χ2n) is 6.70. The lowest BCUT2D eigenvalue weighted by atomic mass is 9.80. The van der Waals surface area contributed by atoms with Crippen molar-refractivity contribution < 1.29 is 9.69 Å². The molecule has 0 aromatic heterocycles. The van der Waals surface area contributed by atoms with E-state index in [0.29, 0.717) is 11.7 Å². The van der Waals surface area contributed by atoms with Crippen LogP contribution in [0.2, 0.25) is 0 Å². The van der Waals surface area contributed by atoms with Gasteiger partial charge in [-0.1, -0.05) is 33.1 Å². The summed E-state index contributed by atoms with van der Waals surface area (Å²) in [4.78, 5) is 13.9.